The maximum atomic E-state index is 11.8. The lowest BCUT2D eigenvalue weighted by atomic mass is 9.83. The second-order valence-corrected chi connectivity index (χ2v) is 5.06. The Kier molecular flexibility index (Phi) is 4.24. The quantitative estimate of drug-likeness (QED) is 0.855. The predicted molar refractivity (Wildman–Crippen MR) is 68.5 cm³/mol. The molecule has 0 radical (unpaired) electrons. The summed E-state index contributed by atoms with van der Waals surface area (Å²) in [6, 6.07) is 3.16. The van der Waals surface area contributed by atoms with Crippen LogP contribution in [-0.2, 0) is 0 Å². The van der Waals surface area contributed by atoms with E-state index in [4.69, 9.17) is 23.2 Å². The van der Waals surface area contributed by atoms with Crippen LogP contribution in [0.25, 0.3) is 0 Å². The van der Waals surface area contributed by atoms with Crippen molar-refractivity contribution in [2.75, 3.05) is 6.54 Å². The van der Waals surface area contributed by atoms with Gasteiger partial charge in [-0.1, -0.05) is 42.5 Å². The fraction of sp³-hybridized carbons (Fsp3) is 0.500. The predicted octanol–water partition coefficient (Wildman–Crippen LogP) is 3.31. The van der Waals surface area contributed by atoms with E-state index in [1.165, 1.54) is 19.3 Å². The van der Waals surface area contributed by atoms with Crippen molar-refractivity contribution in [3.05, 3.63) is 28.0 Å². The highest BCUT2D eigenvalue weighted by Crippen LogP contribution is 2.28. The van der Waals surface area contributed by atoms with Gasteiger partial charge in [0.2, 0.25) is 0 Å². The van der Waals surface area contributed by atoms with Crippen molar-refractivity contribution in [2.24, 2.45) is 5.92 Å². The summed E-state index contributed by atoms with van der Waals surface area (Å²) in [5.41, 5.74) is 0.379. The number of halogens is 2. The van der Waals surface area contributed by atoms with Gasteiger partial charge in [-0.3, -0.25) is 4.79 Å². The van der Waals surface area contributed by atoms with Crippen molar-refractivity contribution in [3.8, 4) is 0 Å². The fourth-order valence-electron chi connectivity index (χ4n) is 1.85. The molecule has 1 heterocycles. The Hall–Kier alpha value is -0.800. The van der Waals surface area contributed by atoms with E-state index < -0.39 is 0 Å². The van der Waals surface area contributed by atoms with E-state index in [1.54, 1.807) is 12.1 Å². The van der Waals surface area contributed by atoms with E-state index in [0.29, 0.717) is 17.3 Å². The largest absolute Gasteiger partial charge is 0.352 e. The van der Waals surface area contributed by atoms with Gasteiger partial charge >= 0.3 is 0 Å². The molecule has 0 aliphatic heterocycles. The van der Waals surface area contributed by atoms with Gasteiger partial charge in [-0.2, -0.15) is 0 Å². The third kappa shape index (κ3) is 3.33. The lowest BCUT2D eigenvalue weighted by Crippen LogP contribution is -2.27. The summed E-state index contributed by atoms with van der Waals surface area (Å²) < 4.78 is 0. The molecule has 1 aliphatic rings. The van der Waals surface area contributed by atoms with E-state index in [1.807, 2.05) is 0 Å². The summed E-state index contributed by atoms with van der Waals surface area (Å²) in [4.78, 5) is 15.6. The number of nitrogens with zero attached hydrogens (tertiary/aromatic N) is 1. The summed E-state index contributed by atoms with van der Waals surface area (Å²) in [5, 5.41) is 3.30. The SMILES string of the molecule is O=C(NCCC1CCC1)c1ccc(Cl)nc1Cl. The van der Waals surface area contributed by atoms with Crippen molar-refractivity contribution >= 4 is 29.1 Å². The average molecular weight is 273 g/mol. The number of hydrogen-bond acceptors (Lipinski definition) is 2. The molecule has 1 aliphatic carbocycles. The standard InChI is InChI=1S/C12H14Cl2N2O/c13-10-5-4-9(11(14)16-10)12(17)15-7-6-8-2-1-3-8/h4-5,8H,1-3,6-7H2,(H,15,17). The third-order valence-electron chi connectivity index (χ3n) is 3.12. The zero-order valence-corrected chi connectivity index (χ0v) is 10.9. The summed E-state index contributed by atoms with van der Waals surface area (Å²) in [6.07, 6.45) is 4.95. The summed E-state index contributed by atoms with van der Waals surface area (Å²) >= 11 is 11.5. The molecule has 3 nitrogen and oxygen atoms in total. The molecule has 17 heavy (non-hydrogen) atoms. The smallest absolute Gasteiger partial charge is 0.254 e. The molecule has 1 N–H and O–H groups in total. The molecule has 1 saturated carbocycles. The van der Waals surface area contributed by atoms with Gasteiger partial charge in [0.1, 0.15) is 10.3 Å². The van der Waals surface area contributed by atoms with E-state index in [-0.39, 0.29) is 11.1 Å². The second-order valence-electron chi connectivity index (χ2n) is 4.31. The number of amides is 1. The highest BCUT2D eigenvalue weighted by molar-refractivity contribution is 6.34. The summed E-state index contributed by atoms with van der Waals surface area (Å²) in [5.74, 6) is 0.604. The Morgan fingerprint density at radius 2 is 2.18 bits per heavy atom. The van der Waals surface area contributed by atoms with Crippen LogP contribution in [0.3, 0.4) is 0 Å². The molecule has 0 saturated heterocycles. The highest BCUT2D eigenvalue weighted by Gasteiger charge is 2.17. The monoisotopic (exact) mass is 272 g/mol. The number of aromatic nitrogens is 1. The zero-order chi connectivity index (χ0) is 12.3. The maximum Gasteiger partial charge on any atom is 0.254 e. The lowest BCUT2D eigenvalue weighted by Gasteiger charge is -2.25. The van der Waals surface area contributed by atoms with Gasteiger partial charge in [0.05, 0.1) is 5.56 Å². The van der Waals surface area contributed by atoms with Gasteiger partial charge in [-0.05, 0) is 24.5 Å². The third-order valence-corrected chi connectivity index (χ3v) is 3.62. The highest BCUT2D eigenvalue weighted by atomic mass is 35.5. The minimum atomic E-state index is -0.182. The van der Waals surface area contributed by atoms with Gasteiger partial charge in [0.25, 0.3) is 5.91 Å². The van der Waals surface area contributed by atoms with Gasteiger partial charge in [0, 0.05) is 6.54 Å². The van der Waals surface area contributed by atoms with Crippen LogP contribution < -0.4 is 5.32 Å². The molecular formula is C12H14Cl2N2O. The number of carbonyl (C=O) groups excluding carboxylic acids is 1. The molecule has 1 amide bonds. The minimum Gasteiger partial charge on any atom is -0.352 e. The molecule has 0 spiro atoms. The minimum absolute atomic E-state index is 0.152. The molecule has 1 fully saturated rings. The van der Waals surface area contributed by atoms with Crippen molar-refractivity contribution in [2.45, 2.75) is 25.7 Å². The van der Waals surface area contributed by atoms with Crippen molar-refractivity contribution in [1.82, 2.24) is 10.3 Å². The first-order valence-corrected chi connectivity index (χ1v) is 6.52. The van der Waals surface area contributed by atoms with Gasteiger partial charge in [-0.15, -0.1) is 0 Å². The summed E-state index contributed by atoms with van der Waals surface area (Å²) in [6.45, 7) is 0.697. The van der Waals surface area contributed by atoms with E-state index in [2.05, 4.69) is 10.3 Å². The molecule has 0 aromatic carbocycles. The Morgan fingerprint density at radius 3 is 2.76 bits per heavy atom. The molecule has 1 aromatic heterocycles. The van der Waals surface area contributed by atoms with Crippen molar-refractivity contribution in [3.63, 3.8) is 0 Å². The molecule has 92 valence electrons. The van der Waals surface area contributed by atoms with Crippen LogP contribution in [0.15, 0.2) is 12.1 Å². The molecule has 1 aromatic rings. The molecule has 0 unspecified atom stereocenters. The van der Waals surface area contributed by atoms with Crippen LogP contribution in [0.5, 0.6) is 0 Å². The van der Waals surface area contributed by atoms with Crippen LogP contribution in [0, 0.1) is 5.92 Å². The fourth-order valence-corrected chi connectivity index (χ4v) is 2.28. The first kappa shape index (κ1) is 12.7. The molecular weight excluding hydrogens is 259 g/mol. The Labute approximate surface area is 111 Å². The number of pyridine rings is 1. The summed E-state index contributed by atoms with van der Waals surface area (Å²) in [7, 11) is 0. The maximum absolute atomic E-state index is 11.8. The number of nitrogens with one attached hydrogen (secondary N) is 1. The molecule has 2 rings (SSSR count). The lowest BCUT2D eigenvalue weighted by molar-refractivity contribution is 0.0949. The average Bonchev–Trinajstić information content (AvgIpc) is 2.21. The number of hydrogen-bond donors (Lipinski definition) is 1. The van der Waals surface area contributed by atoms with Crippen LogP contribution in [0.2, 0.25) is 10.3 Å². The first-order valence-electron chi connectivity index (χ1n) is 5.77. The van der Waals surface area contributed by atoms with Gasteiger partial charge in [0.15, 0.2) is 0 Å². The first-order chi connectivity index (χ1) is 8.16. The van der Waals surface area contributed by atoms with E-state index in [0.717, 1.165) is 12.3 Å². The molecule has 0 atom stereocenters. The van der Waals surface area contributed by atoms with Crippen molar-refractivity contribution < 1.29 is 4.79 Å². The number of rotatable bonds is 4. The van der Waals surface area contributed by atoms with Crippen LogP contribution in [0.1, 0.15) is 36.0 Å². The zero-order valence-electron chi connectivity index (χ0n) is 9.38. The second kappa shape index (κ2) is 5.69. The van der Waals surface area contributed by atoms with Crippen LogP contribution >= 0.6 is 23.2 Å². The Bertz CT molecular complexity index is 419. The van der Waals surface area contributed by atoms with E-state index in [9.17, 15) is 4.79 Å². The van der Waals surface area contributed by atoms with Crippen LogP contribution in [-0.4, -0.2) is 17.4 Å². The molecule has 5 heteroatoms. The number of carbonyl (C=O) groups is 1. The van der Waals surface area contributed by atoms with E-state index >= 15 is 0 Å². The van der Waals surface area contributed by atoms with Crippen molar-refractivity contribution in [1.29, 1.82) is 0 Å². The Balaban J connectivity index is 1.85. The van der Waals surface area contributed by atoms with Gasteiger partial charge < -0.3 is 5.32 Å². The normalized spacial score (nSPS) is 15.4. The Morgan fingerprint density at radius 1 is 1.41 bits per heavy atom. The molecule has 0 bridgehead atoms. The van der Waals surface area contributed by atoms with Crippen LogP contribution in [0.4, 0.5) is 0 Å². The topological polar surface area (TPSA) is 42.0 Å². The van der Waals surface area contributed by atoms with Gasteiger partial charge in [-0.25, -0.2) is 4.98 Å².